The zero-order chi connectivity index (χ0) is 13.1. The number of sulfonamides is 1. The Bertz CT molecular complexity index is 498. The van der Waals surface area contributed by atoms with E-state index in [-0.39, 0.29) is 6.61 Å². The number of hydrogen-bond donors (Lipinski definition) is 2. The van der Waals surface area contributed by atoms with E-state index in [0.29, 0.717) is 12.1 Å². The lowest BCUT2D eigenvalue weighted by Gasteiger charge is -2.14. The molecule has 0 bridgehead atoms. The molecule has 0 saturated carbocycles. The molecule has 0 aromatic heterocycles. The Labute approximate surface area is 106 Å². The van der Waals surface area contributed by atoms with Crippen LogP contribution >= 0.6 is 11.8 Å². The smallest absolute Gasteiger partial charge is 0.229 e. The van der Waals surface area contributed by atoms with Crippen LogP contribution < -0.4 is 4.72 Å². The fourth-order valence-corrected chi connectivity index (χ4v) is 2.79. The zero-order valence-electron chi connectivity index (χ0n) is 10.1. The van der Waals surface area contributed by atoms with E-state index in [4.69, 9.17) is 0 Å². The first-order valence-electron chi connectivity index (χ1n) is 5.19. The first-order chi connectivity index (χ1) is 7.91. The van der Waals surface area contributed by atoms with Crippen LogP contribution in [0.3, 0.4) is 0 Å². The molecule has 0 unspecified atom stereocenters. The van der Waals surface area contributed by atoms with Gasteiger partial charge in [-0.3, -0.25) is 4.72 Å². The highest BCUT2D eigenvalue weighted by Gasteiger charge is 2.11. The van der Waals surface area contributed by atoms with Crippen molar-refractivity contribution in [3.63, 3.8) is 0 Å². The number of hydrogen-bond acceptors (Lipinski definition) is 4. The normalized spacial score (nSPS) is 11.5. The average molecular weight is 275 g/mol. The molecule has 0 radical (unpaired) electrons. The molecule has 0 fully saturated rings. The third-order valence-electron chi connectivity index (χ3n) is 2.35. The lowest BCUT2D eigenvalue weighted by Crippen LogP contribution is -2.11. The molecule has 96 valence electrons. The molecule has 0 atom stereocenters. The van der Waals surface area contributed by atoms with Crippen molar-refractivity contribution in [2.75, 3.05) is 17.2 Å². The first kappa shape index (κ1) is 14.3. The Morgan fingerprint density at radius 3 is 2.41 bits per heavy atom. The van der Waals surface area contributed by atoms with Crippen LogP contribution in [-0.2, 0) is 23.1 Å². The van der Waals surface area contributed by atoms with Crippen LogP contribution in [0.4, 0.5) is 5.69 Å². The standard InChI is InChI=1S/C11H17NO3S2/c1-4-8-5-9(7-13)11(16-2)6-10(8)12-17(3,14)15/h5-6,12-13H,4,7H2,1-3H3. The predicted octanol–water partition coefficient (Wildman–Crippen LogP) is 1.83. The van der Waals surface area contributed by atoms with E-state index in [9.17, 15) is 13.5 Å². The number of aryl methyl sites for hydroxylation is 1. The van der Waals surface area contributed by atoms with Gasteiger partial charge in [-0.2, -0.15) is 0 Å². The van der Waals surface area contributed by atoms with E-state index >= 15 is 0 Å². The minimum absolute atomic E-state index is 0.0394. The van der Waals surface area contributed by atoms with Crippen LogP contribution in [0.1, 0.15) is 18.1 Å². The molecular formula is C11H17NO3S2. The molecule has 1 rings (SSSR count). The van der Waals surface area contributed by atoms with Gasteiger partial charge in [0.1, 0.15) is 0 Å². The molecule has 0 spiro atoms. The number of rotatable bonds is 5. The number of anilines is 1. The van der Waals surface area contributed by atoms with Crippen LogP contribution in [0.25, 0.3) is 0 Å². The van der Waals surface area contributed by atoms with E-state index in [0.717, 1.165) is 22.3 Å². The summed E-state index contributed by atoms with van der Waals surface area (Å²) in [4.78, 5) is 0.885. The molecule has 0 aliphatic carbocycles. The summed E-state index contributed by atoms with van der Waals surface area (Å²) in [7, 11) is -3.28. The fourth-order valence-electron chi connectivity index (χ4n) is 1.58. The Balaban J connectivity index is 3.28. The van der Waals surface area contributed by atoms with Crippen molar-refractivity contribution in [3.8, 4) is 0 Å². The topological polar surface area (TPSA) is 66.4 Å². The van der Waals surface area contributed by atoms with Crippen molar-refractivity contribution in [2.45, 2.75) is 24.8 Å². The second-order valence-corrected chi connectivity index (χ2v) is 6.30. The molecule has 2 N–H and O–H groups in total. The van der Waals surface area contributed by atoms with Crippen LogP contribution in [0.15, 0.2) is 17.0 Å². The molecule has 1 aromatic carbocycles. The summed E-state index contributed by atoms with van der Waals surface area (Å²) >= 11 is 1.48. The predicted molar refractivity (Wildman–Crippen MR) is 72.0 cm³/mol. The van der Waals surface area contributed by atoms with Crippen molar-refractivity contribution in [1.82, 2.24) is 0 Å². The summed E-state index contributed by atoms with van der Waals surface area (Å²) in [6.45, 7) is 1.91. The quantitative estimate of drug-likeness (QED) is 0.805. The summed E-state index contributed by atoms with van der Waals surface area (Å²) in [6, 6.07) is 3.62. The van der Waals surface area contributed by atoms with Crippen LogP contribution in [-0.4, -0.2) is 26.0 Å². The first-order valence-corrected chi connectivity index (χ1v) is 8.31. The summed E-state index contributed by atoms with van der Waals surface area (Å²) in [5.41, 5.74) is 2.31. The second kappa shape index (κ2) is 5.75. The fraction of sp³-hybridized carbons (Fsp3) is 0.455. The molecule has 4 nitrogen and oxygen atoms in total. The van der Waals surface area contributed by atoms with Gasteiger partial charge in [-0.05, 0) is 29.9 Å². The van der Waals surface area contributed by atoms with Gasteiger partial charge in [-0.1, -0.05) is 13.0 Å². The lowest BCUT2D eigenvalue weighted by atomic mass is 10.1. The van der Waals surface area contributed by atoms with Crippen LogP contribution in [0, 0.1) is 0 Å². The molecule has 6 heteroatoms. The summed E-state index contributed by atoms with van der Waals surface area (Å²) in [5, 5.41) is 9.24. The maximum absolute atomic E-state index is 11.3. The van der Waals surface area contributed by atoms with Gasteiger partial charge < -0.3 is 5.11 Å². The monoisotopic (exact) mass is 275 g/mol. The Kier molecular flexibility index (Phi) is 4.85. The van der Waals surface area contributed by atoms with E-state index in [1.165, 1.54) is 11.8 Å². The third kappa shape index (κ3) is 3.90. The number of benzene rings is 1. The molecule has 0 aliphatic rings. The molecule has 0 saturated heterocycles. The molecular weight excluding hydrogens is 258 g/mol. The minimum Gasteiger partial charge on any atom is -0.392 e. The van der Waals surface area contributed by atoms with Crippen LogP contribution in [0.5, 0.6) is 0 Å². The van der Waals surface area contributed by atoms with E-state index < -0.39 is 10.0 Å². The van der Waals surface area contributed by atoms with Crippen molar-refractivity contribution in [2.24, 2.45) is 0 Å². The van der Waals surface area contributed by atoms with Crippen molar-refractivity contribution < 1.29 is 13.5 Å². The average Bonchev–Trinajstić information content (AvgIpc) is 2.26. The molecule has 17 heavy (non-hydrogen) atoms. The van der Waals surface area contributed by atoms with Crippen molar-refractivity contribution in [3.05, 3.63) is 23.3 Å². The second-order valence-electron chi connectivity index (χ2n) is 3.71. The highest BCUT2D eigenvalue weighted by molar-refractivity contribution is 7.98. The Morgan fingerprint density at radius 1 is 1.35 bits per heavy atom. The number of nitrogens with one attached hydrogen (secondary N) is 1. The summed E-state index contributed by atoms with van der Waals surface area (Å²) in [6.07, 6.45) is 3.73. The van der Waals surface area contributed by atoms with Crippen molar-refractivity contribution >= 4 is 27.5 Å². The van der Waals surface area contributed by atoms with Gasteiger partial charge in [0.2, 0.25) is 10.0 Å². The summed E-state index contributed by atoms with van der Waals surface area (Å²) in [5.74, 6) is 0. The highest BCUT2D eigenvalue weighted by atomic mass is 32.2. The lowest BCUT2D eigenvalue weighted by molar-refractivity contribution is 0.279. The van der Waals surface area contributed by atoms with Gasteiger partial charge in [0, 0.05) is 4.90 Å². The third-order valence-corrected chi connectivity index (χ3v) is 3.76. The highest BCUT2D eigenvalue weighted by Crippen LogP contribution is 2.29. The Hall–Kier alpha value is -0.720. The Morgan fingerprint density at radius 2 is 2.00 bits per heavy atom. The molecule has 0 aliphatic heterocycles. The van der Waals surface area contributed by atoms with Crippen LogP contribution in [0.2, 0.25) is 0 Å². The largest absolute Gasteiger partial charge is 0.392 e. The van der Waals surface area contributed by atoms with E-state index in [1.54, 1.807) is 6.07 Å². The van der Waals surface area contributed by atoms with Gasteiger partial charge in [0.25, 0.3) is 0 Å². The summed E-state index contributed by atoms with van der Waals surface area (Å²) < 4.78 is 25.0. The maximum Gasteiger partial charge on any atom is 0.229 e. The van der Waals surface area contributed by atoms with Crippen molar-refractivity contribution in [1.29, 1.82) is 0 Å². The number of aliphatic hydroxyl groups excluding tert-OH is 1. The maximum atomic E-state index is 11.3. The zero-order valence-corrected chi connectivity index (χ0v) is 11.8. The number of aliphatic hydroxyl groups is 1. The molecule has 1 aromatic rings. The van der Waals surface area contributed by atoms with Gasteiger partial charge >= 0.3 is 0 Å². The van der Waals surface area contributed by atoms with E-state index in [1.807, 2.05) is 19.2 Å². The number of thioether (sulfide) groups is 1. The van der Waals surface area contributed by atoms with Gasteiger partial charge in [0.15, 0.2) is 0 Å². The van der Waals surface area contributed by atoms with Gasteiger partial charge in [-0.25, -0.2) is 8.42 Å². The van der Waals surface area contributed by atoms with E-state index in [2.05, 4.69) is 4.72 Å². The molecule has 0 heterocycles. The molecule has 0 amide bonds. The SMILES string of the molecule is CCc1cc(CO)c(SC)cc1NS(C)(=O)=O. The van der Waals surface area contributed by atoms with Gasteiger partial charge in [0.05, 0.1) is 18.6 Å². The minimum atomic E-state index is -3.28. The van der Waals surface area contributed by atoms with Gasteiger partial charge in [-0.15, -0.1) is 11.8 Å².